The van der Waals surface area contributed by atoms with Crippen molar-refractivity contribution in [1.29, 1.82) is 0 Å². The summed E-state index contributed by atoms with van der Waals surface area (Å²) in [6.07, 6.45) is 5.15. The highest BCUT2D eigenvalue weighted by Crippen LogP contribution is 2.41. The first kappa shape index (κ1) is 18.8. The maximum Gasteiger partial charge on any atom is 0.311 e. The summed E-state index contributed by atoms with van der Waals surface area (Å²) in [7, 11) is 0. The van der Waals surface area contributed by atoms with E-state index in [1.807, 2.05) is 32.0 Å². The first-order valence-electron chi connectivity index (χ1n) is 9.38. The average molecular weight is 359 g/mol. The number of benzene rings is 1. The third-order valence-corrected chi connectivity index (χ3v) is 5.21. The van der Waals surface area contributed by atoms with Crippen molar-refractivity contribution in [2.24, 2.45) is 11.3 Å². The smallest absolute Gasteiger partial charge is 0.311 e. The van der Waals surface area contributed by atoms with Crippen molar-refractivity contribution in [3.63, 3.8) is 0 Å². The molecular formula is C21H29NO4. The van der Waals surface area contributed by atoms with E-state index in [1.165, 1.54) is 0 Å². The fraction of sp³-hybridized carbons (Fsp3) is 0.571. The summed E-state index contributed by atoms with van der Waals surface area (Å²) < 4.78 is 16.3. The molecule has 3 atom stereocenters. The number of esters is 1. The van der Waals surface area contributed by atoms with Crippen LogP contribution in [-0.2, 0) is 9.53 Å². The van der Waals surface area contributed by atoms with Gasteiger partial charge in [-0.25, -0.2) is 0 Å². The molecule has 2 heterocycles. The monoisotopic (exact) mass is 359 g/mol. The van der Waals surface area contributed by atoms with Crippen LogP contribution in [0.1, 0.15) is 45.6 Å². The summed E-state index contributed by atoms with van der Waals surface area (Å²) in [6.45, 7) is 9.68. The fourth-order valence-corrected chi connectivity index (χ4v) is 4.13. The van der Waals surface area contributed by atoms with Crippen LogP contribution >= 0.6 is 0 Å². The van der Waals surface area contributed by atoms with Crippen LogP contribution in [0.25, 0.3) is 0 Å². The van der Waals surface area contributed by atoms with Crippen LogP contribution in [0.4, 0.5) is 0 Å². The molecule has 0 saturated carbocycles. The zero-order chi connectivity index (χ0) is 18.7. The maximum absolute atomic E-state index is 12.8. The number of rotatable bonds is 6. The molecule has 1 N–H and O–H groups in total. The number of hydrogen-bond donors (Lipinski definition) is 1. The van der Waals surface area contributed by atoms with Gasteiger partial charge in [-0.15, -0.1) is 0 Å². The minimum absolute atomic E-state index is 0.0148. The average Bonchev–Trinajstić information content (AvgIpc) is 3.20. The van der Waals surface area contributed by atoms with E-state index < -0.39 is 0 Å². The predicted molar refractivity (Wildman–Crippen MR) is 100 cm³/mol. The Morgan fingerprint density at radius 2 is 2.12 bits per heavy atom. The minimum Gasteiger partial charge on any atom is -0.466 e. The Kier molecular flexibility index (Phi) is 5.56. The molecule has 1 aromatic carbocycles. The third kappa shape index (κ3) is 3.88. The van der Waals surface area contributed by atoms with Gasteiger partial charge in [-0.3, -0.25) is 4.79 Å². The molecule has 5 heteroatoms. The zero-order valence-corrected chi connectivity index (χ0v) is 16.1. The van der Waals surface area contributed by atoms with Crippen molar-refractivity contribution in [1.82, 2.24) is 5.32 Å². The molecule has 1 aromatic rings. The Balaban J connectivity index is 1.86. The molecule has 0 aliphatic carbocycles. The Bertz CT molecular complexity index is 683. The normalized spacial score (nSPS) is 25.0. The number of carbonyl (C=O) groups excluding carboxylic acids is 1. The van der Waals surface area contributed by atoms with Gasteiger partial charge < -0.3 is 19.5 Å². The summed E-state index contributed by atoms with van der Waals surface area (Å²) in [5, 5.41) is 3.57. The Hall–Kier alpha value is -2.01. The lowest BCUT2D eigenvalue weighted by Gasteiger charge is -2.29. The molecule has 0 spiro atoms. The highest BCUT2D eigenvalue weighted by Gasteiger charge is 2.44. The lowest BCUT2D eigenvalue weighted by Crippen LogP contribution is -2.37. The minimum atomic E-state index is -0.208. The van der Waals surface area contributed by atoms with Crippen molar-refractivity contribution in [3.05, 3.63) is 35.9 Å². The van der Waals surface area contributed by atoms with E-state index in [9.17, 15) is 4.79 Å². The van der Waals surface area contributed by atoms with Gasteiger partial charge >= 0.3 is 5.97 Å². The van der Waals surface area contributed by atoms with Crippen LogP contribution in [0.5, 0.6) is 11.5 Å². The highest BCUT2D eigenvalue weighted by molar-refractivity contribution is 5.75. The standard InChI is InChI=1S/C21H29NO4/c1-5-9-21(3,4)11-16-19(20(23)24-6-2)15(12-22-16)14-7-8-17-18(10-14)26-13-25-17/h5,7-10,15-16,19,22H,6,11-13H2,1-4H3/t15?,16-,19?/m0/s1. The van der Waals surface area contributed by atoms with Gasteiger partial charge in [0.15, 0.2) is 11.5 Å². The molecule has 2 aliphatic heterocycles. The first-order valence-corrected chi connectivity index (χ1v) is 9.38. The van der Waals surface area contributed by atoms with Gasteiger partial charge in [0, 0.05) is 18.5 Å². The molecule has 26 heavy (non-hydrogen) atoms. The van der Waals surface area contributed by atoms with Gasteiger partial charge in [-0.2, -0.15) is 0 Å². The molecule has 5 nitrogen and oxygen atoms in total. The van der Waals surface area contributed by atoms with E-state index in [0.717, 1.165) is 30.0 Å². The Labute approximate surface area is 155 Å². The van der Waals surface area contributed by atoms with Crippen LogP contribution in [0.15, 0.2) is 30.4 Å². The fourth-order valence-electron chi connectivity index (χ4n) is 4.13. The molecule has 0 aromatic heterocycles. The van der Waals surface area contributed by atoms with Gasteiger partial charge in [0.05, 0.1) is 12.5 Å². The molecule has 0 bridgehead atoms. The first-order chi connectivity index (χ1) is 12.4. The topological polar surface area (TPSA) is 56.8 Å². The molecule has 0 amide bonds. The van der Waals surface area contributed by atoms with Crippen LogP contribution in [0.2, 0.25) is 0 Å². The van der Waals surface area contributed by atoms with E-state index in [4.69, 9.17) is 14.2 Å². The number of carbonyl (C=O) groups is 1. The molecule has 1 fully saturated rings. The summed E-state index contributed by atoms with van der Waals surface area (Å²) in [5.41, 5.74) is 1.10. The summed E-state index contributed by atoms with van der Waals surface area (Å²) in [5.74, 6) is 1.25. The van der Waals surface area contributed by atoms with E-state index in [2.05, 4.69) is 31.3 Å². The molecular weight excluding hydrogens is 330 g/mol. The van der Waals surface area contributed by atoms with Crippen molar-refractivity contribution in [2.45, 2.75) is 46.1 Å². The number of allylic oxidation sites excluding steroid dienone is 2. The van der Waals surface area contributed by atoms with Crippen LogP contribution in [0.3, 0.4) is 0 Å². The van der Waals surface area contributed by atoms with Crippen LogP contribution in [-0.4, -0.2) is 32.0 Å². The van der Waals surface area contributed by atoms with Crippen molar-refractivity contribution in [3.8, 4) is 11.5 Å². The molecule has 1 saturated heterocycles. The third-order valence-electron chi connectivity index (χ3n) is 5.21. The number of hydrogen-bond acceptors (Lipinski definition) is 5. The van der Waals surface area contributed by atoms with E-state index in [0.29, 0.717) is 6.61 Å². The van der Waals surface area contributed by atoms with Crippen LogP contribution in [0, 0.1) is 11.3 Å². The molecule has 2 aliphatic rings. The largest absolute Gasteiger partial charge is 0.466 e. The van der Waals surface area contributed by atoms with Gasteiger partial charge in [-0.05, 0) is 43.4 Å². The van der Waals surface area contributed by atoms with Gasteiger partial charge in [0.2, 0.25) is 6.79 Å². The van der Waals surface area contributed by atoms with Crippen molar-refractivity contribution < 1.29 is 19.0 Å². The lowest BCUT2D eigenvalue weighted by atomic mass is 9.78. The van der Waals surface area contributed by atoms with Gasteiger partial charge in [0.1, 0.15) is 0 Å². The quantitative estimate of drug-likeness (QED) is 0.621. The molecule has 3 rings (SSSR count). The summed E-state index contributed by atoms with van der Waals surface area (Å²) in [6, 6.07) is 6.04. The summed E-state index contributed by atoms with van der Waals surface area (Å²) >= 11 is 0. The molecule has 0 radical (unpaired) electrons. The van der Waals surface area contributed by atoms with E-state index in [1.54, 1.807) is 0 Å². The van der Waals surface area contributed by atoms with Crippen molar-refractivity contribution >= 4 is 5.97 Å². The number of fused-ring (bicyclic) bond motifs is 1. The second-order valence-electron chi connectivity index (χ2n) is 7.70. The molecule has 2 unspecified atom stereocenters. The van der Waals surface area contributed by atoms with Gasteiger partial charge in [0.25, 0.3) is 0 Å². The van der Waals surface area contributed by atoms with Gasteiger partial charge in [-0.1, -0.05) is 32.1 Å². The second kappa shape index (κ2) is 7.70. The number of ether oxygens (including phenoxy) is 3. The number of nitrogens with one attached hydrogen (secondary N) is 1. The van der Waals surface area contributed by atoms with E-state index >= 15 is 0 Å². The Morgan fingerprint density at radius 3 is 2.85 bits per heavy atom. The summed E-state index contributed by atoms with van der Waals surface area (Å²) in [4.78, 5) is 12.8. The Morgan fingerprint density at radius 1 is 1.35 bits per heavy atom. The highest BCUT2D eigenvalue weighted by atomic mass is 16.7. The lowest BCUT2D eigenvalue weighted by molar-refractivity contribution is -0.149. The maximum atomic E-state index is 12.8. The molecule has 142 valence electrons. The van der Waals surface area contributed by atoms with Crippen molar-refractivity contribution in [2.75, 3.05) is 19.9 Å². The second-order valence-corrected chi connectivity index (χ2v) is 7.70. The predicted octanol–water partition coefficient (Wildman–Crippen LogP) is 3.64. The zero-order valence-electron chi connectivity index (χ0n) is 16.1. The van der Waals surface area contributed by atoms with E-state index in [-0.39, 0.29) is 36.1 Å². The van der Waals surface area contributed by atoms with Crippen LogP contribution < -0.4 is 14.8 Å². The SMILES string of the molecule is CC=CC(C)(C)C[C@@H]1NCC(c2ccc3c(c2)OCO3)C1C(=O)OCC.